The number of aromatic nitrogens is 2. The largest absolute Gasteiger partial charge is 0.490 e. The summed E-state index contributed by atoms with van der Waals surface area (Å²) in [5.41, 5.74) is 4.61. The van der Waals surface area contributed by atoms with Gasteiger partial charge < -0.3 is 34.8 Å². The van der Waals surface area contributed by atoms with Crippen molar-refractivity contribution in [3.8, 4) is 0 Å². The van der Waals surface area contributed by atoms with Crippen LogP contribution in [0.1, 0.15) is 6.23 Å². The number of phosphoric acid groups is 3. The van der Waals surface area contributed by atoms with Gasteiger partial charge in [-0.05, 0) is 6.07 Å². The number of nitrogen functional groups attached to an aromatic ring is 1. The van der Waals surface area contributed by atoms with E-state index in [1.807, 2.05) is 0 Å². The van der Waals surface area contributed by atoms with Crippen molar-refractivity contribution >= 4 is 29.3 Å². The summed E-state index contributed by atoms with van der Waals surface area (Å²) < 4.78 is 56.0. The van der Waals surface area contributed by atoms with Gasteiger partial charge in [-0.1, -0.05) is 0 Å². The van der Waals surface area contributed by atoms with Crippen LogP contribution >= 0.6 is 23.5 Å². The van der Waals surface area contributed by atoms with Crippen molar-refractivity contribution in [3.05, 3.63) is 22.7 Å². The van der Waals surface area contributed by atoms with Gasteiger partial charge in [0.2, 0.25) is 0 Å². The molecule has 2 rings (SSSR count). The molecule has 0 aromatic carbocycles. The minimum absolute atomic E-state index is 0.0145. The third kappa shape index (κ3) is 7.16. The SMILES string of the molecule is Nc1ccn(C2CO[C@H](COP(=O)(O)OP(=O)(O)OP(=O)(O)O)O2)c(=O)n1. The number of nitrogens with zero attached hydrogens (tertiary/aromatic N) is 2. The summed E-state index contributed by atoms with van der Waals surface area (Å²) in [4.78, 5) is 50.3. The first-order chi connectivity index (χ1) is 12.3. The minimum Gasteiger partial charge on any atom is -0.383 e. The summed E-state index contributed by atoms with van der Waals surface area (Å²) in [7, 11) is -16.4. The van der Waals surface area contributed by atoms with Crippen LogP contribution in [0.3, 0.4) is 0 Å². The molecule has 1 fully saturated rings. The molecule has 1 aliphatic heterocycles. The molecule has 0 aliphatic carbocycles. The highest BCUT2D eigenvalue weighted by Gasteiger charge is 2.41. The van der Waals surface area contributed by atoms with Gasteiger partial charge in [-0.25, -0.2) is 18.5 Å². The average molecular weight is 453 g/mol. The van der Waals surface area contributed by atoms with Gasteiger partial charge in [0.05, 0.1) is 6.61 Å². The predicted molar refractivity (Wildman–Crippen MR) is 82.6 cm³/mol. The highest BCUT2D eigenvalue weighted by atomic mass is 31.3. The second kappa shape index (κ2) is 8.17. The highest BCUT2D eigenvalue weighted by molar-refractivity contribution is 7.66. The van der Waals surface area contributed by atoms with E-state index < -0.39 is 48.3 Å². The van der Waals surface area contributed by atoms with E-state index in [9.17, 15) is 23.4 Å². The Morgan fingerprint density at radius 3 is 2.48 bits per heavy atom. The van der Waals surface area contributed by atoms with Gasteiger partial charge in [-0.15, -0.1) is 0 Å². The third-order valence-corrected chi connectivity index (χ3v) is 6.49. The molecule has 19 heteroatoms. The van der Waals surface area contributed by atoms with Crippen molar-refractivity contribution in [1.29, 1.82) is 0 Å². The fraction of sp³-hybridized carbons (Fsp3) is 0.500. The van der Waals surface area contributed by atoms with E-state index in [1.165, 1.54) is 12.3 Å². The molecule has 1 aliphatic rings. The first kappa shape index (κ1) is 22.3. The molecule has 3 unspecified atom stereocenters. The lowest BCUT2D eigenvalue weighted by molar-refractivity contribution is -0.0973. The Morgan fingerprint density at radius 2 is 1.89 bits per heavy atom. The standard InChI is InChI=1S/C8H14N3O13P3/c9-5-1-2-11(8(12)10-5)6-3-20-7(22-6)4-21-26(16,17)24-27(18,19)23-25(13,14)15/h1-2,6-7H,3-4H2,(H,16,17)(H,18,19)(H2,9,10,12)(H2,13,14,15)/t6?,7-/m0/s1. The van der Waals surface area contributed by atoms with Crippen LogP contribution in [0.2, 0.25) is 0 Å². The number of anilines is 1. The van der Waals surface area contributed by atoms with Gasteiger partial charge in [0.1, 0.15) is 12.4 Å². The molecule has 6 N–H and O–H groups in total. The number of ether oxygens (including phenoxy) is 2. The summed E-state index contributed by atoms with van der Waals surface area (Å²) in [6.45, 7) is -0.979. The number of rotatable bonds is 8. The maximum Gasteiger partial charge on any atom is 0.490 e. The molecule has 16 nitrogen and oxygen atoms in total. The Kier molecular flexibility index (Phi) is 6.75. The zero-order valence-electron chi connectivity index (χ0n) is 13.0. The molecule has 0 saturated carbocycles. The lowest BCUT2D eigenvalue weighted by Crippen LogP contribution is -2.28. The van der Waals surface area contributed by atoms with Crippen LogP contribution in [0.25, 0.3) is 0 Å². The molecule has 0 amide bonds. The summed E-state index contributed by atoms with van der Waals surface area (Å²) >= 11 is 0. The molecule has 1 saturated heterocycles. The normalized spacial score (nSPS) is 25.0. The molecule has 4 atom stereocenters. The summed E-state index contributed by atoms with van der Waals surface area (Å²) in [6, 6.07) is 1.32. The van der Waals surface area contributed by atoms with Gasteiger partial charge in [0.15, 0.2) is 12.5 Å². The first-order valence-electron chi connectivity index (χ1n) is 6.66. The van der Waals surface area contributed by atoms with E-state index in [1.54, 1.807) is 0 Å². The van der Waals surface area contributed by atoms with Gasteiger partial charge >= 0.3 is 29.2 Å². The predicted octanol–water partition coefficient (Wildman–Crippen LogP) is -0.960. The molecule has 0 spiro atoms. The molecule has 0 radical (unpaired) electrons. The van der Waals surface area contributed by atoms with E-state index >= 15 is 0 Å². The van der Waals surface area contributed by atoms with Gasteiger partial charge in [-0.3, -0.25) is 9.09 Å². The molecule has 2 heterocycles. The molecular weight excluding hydrogens is 439 g/mol. The Labute approximate surface area is 149 Å². The first-order valence-corrected chi connectivity index (χ1v) is 11.2. The molecule has 1 aromatic rings. The summed E-state index contributed by atoms with van der Waals surface area (Å²) in [5, 5.41) is 0. The maximum atomic E-state index is 11.7. The van der Waals surface area contributed by atoms with E-state index in [0.717, 1.165) is 4.57 Å². The molecule has 27 heavy (non-hydrogen) atoms. The van der Waals surface area contributed by atoms with E-state index in [2.05, 4.69) is 18.1 Å². The van der Waals surface area contributed by atoms with Gasteiger partial charge in [0.25, 0.3) is 0 Å². The molecule has 154 valence electrons. The minimum atomic E-state index is -5.62. The fourth-order valence-corrected chi connectivity index (χ4v) is 4.78. The fourth-order valence-electron chi connectivity index (χ4n) is 1.78. The second-order valence-electron chi connectivity index (χ2n) is 4.78. The zero-order valence-corrected chi connectivity index (χ0v) is 15.7. The van der Waals surface area contributed by atoms with Crippen molar-refractivity contribution in [2.24, 2.45) is 0 Å². The number of phosphoric ester groups is 1. The third-order valence-electron chi connectivity index (χ3n) is 2.69. The Balaban J connectivity index is 1.91. The monoisotopic (exact) mass is 453 g/mol. The second-order valence-corrected chi connectivity index (χ2v) is 9.20. The Bertz CT molecular complexity index is 882. The lowest BCUT2D eigenvalue weighted by Gasteiger charge is -2.17. The molecule has 1 aromatic heterocycles. The Hall–Kier alpha value is -0.990. The van der Waals surface area contributed by atoms with E-state index in [-0.39, 0.29) is 12.4 Å². The van der Waals surface area contributed by atoms with Crippen molar-refractivity contribution in [1.82, 2.24) is 9.55 Å². The van der Waals surface area contributed by atoms with Crippen LogP contribution in [0.5, 0.6) is 0 Å². The highest BCUT2D eigenvalue weighted by Crippen LogP contribution is 2.66. The van der Waals surface area contributed by atoms with E-state index in [0.29, 0.717) is 0 Å². The van der Waals surface area contributed by atoms with E-state index in [4.69, 9.17) is 29.9 Å². The average Bonchev–Trinajstić information content (AvgIpc) is 2.90. The van der Waals surface area contributed by atoms with Crippen LogP contribution in [-0.4, -0.2) is 48.6 Å². The van der Waals surface area contributed by atoms with Crippen molar-refractivity contribution < 1.29 is 55.9 Å². The lowest BCUT2D eigenvalue weighted by atomic mass is 10.5. The maximum absolute atomic E-state index is 11.7. The van der Waals surface area contributed by atoms with Crippen LogP contribution in [-0.2, 0) is 36.3 Å². The number of nitrogens with two attached hydrogens (primary N) is 1. The summed E-state index contributed by atoms with van der Waals surface area (Å²) in [5.74, 6) is -0.0145. The van der Waals surface area contributed by atoms with Crippen LogP contribution < -0.4 is 11.4 Å². The topological polar surface area (TPSA) is 239 Å². The zero-order chi connectivity index (χ0) is 20.5. The van der Waals surface area contributed by atoms with Crippen molar-refractivity contribution in [2.75, 3.05) is 18.9 Å². The van der Waals surface area contributed by atoms with Gasteiger partial charge in [0, 0.05) is 6.20 Å². The van der Waals surface area contributed by atoms with Gasteiger partial charge in [-0.2, -0.15) is 13.6 Å². The molecule has 0 bridgehead atoms. The number of hydrogen-bond acceptors (Lipinski definition) is 11. The number of hydrogen-bond donors (Lipinski definition) is 5. The summed E-state index contributed by atoms with van der Waals surface area (Å²) in [6.07, 6.45) is -0.965. The van der Waals surface area contributed by atoms with Crippen molar-refractivity contribution in [2.45, 2.75) is 12.5 Å². The Morgan fingerprint density at radius 1 is 1.22 bits per heavy atom. The molecular formula is C8H14N3O13P3. The van der Waals surface area contributed by atoms with Crippen LogP contribution in [0.4, 0.5) is 5.82 Å². The van der Waals surface area contributed by atoms with Crippen LogP contribution in [0.15, 0.2) is 17.1 Å². The smallest absolute Gasteiger partial charge is 0.383 e. The van der Waals surface area contributed by atoms with Crippen molar-refractivity contribution in [3.63, 3.8) is 0 Å². The van der Waals surface area contributed by atoms with Crippen LogP contribution in [0, 0.1) is 0 Å². The quantitative estimate of drug-likeness (QED) is 0.298.